The predicted octanol–water partition coefficient (Wildman–Crippen LogP) is 2.22. The number of allylic oxidation sites excluding steroid dienone is 7. The molecule has 0 aromatic heterocycles. The van der Waals surface area contributed by atoms with Gasteiger partial charge in [-0.05, 0) is 6.42 Å². The molecule has 0 amide bonds. The fourth-order valence-corrected chi connectivity index (χ4v) is 1.85. The highest BCUT2D eigenvalue weighted by molar-refractivity contribution is 5.33. The summed E-state index contributed by atoms with van der Waals surface area (Å²) in [7, 11) is 0. The van der Waals surface area contributed by atoms with Gasteiger partial charge in [0.2, 0.25) is 0 Å². The predicted molar refractivity (Wildman–Crippen MR) is 54.2 cm³/mol. The largest absolute Gasteiger partial charge is 0.396 e. The number of rotatable bonds is 2. The second-order valence-electron chi connectivity index (χ2n) is 3.47. The van der Waals surface area contributed by atoms with Crippen LogP contribution in [-0.2, 0) is 0 Å². The van der Waals surface area contributed by atoms with Gasteiger partial charge in [-0.25, -0.2) is 0 Å². The first-order valence-corrected chi connectivity index (χ1v) is 4.75. The maximum atomic E-state index is 8.90. The van der Waals surface area contributed by atoms with E-state index in [0.29, 0.717) is 11.8 Å². The first kappa shape index (κ1) is 8.52. The van der Waals surface area contributed by atoms with E-state index >= 15 is 0 Å². The summed E-state index contributed by atoms with van der Waals surface area (Å²) in [5.74, 6) is 0.844. The Bertz CT molecular complexity index is 294. The molecular formula is C12H14O. The van der Waals surface area contributed by atoms with Crippen LogP contribution in [0.15, 0.2) is 48.1 Å². The van der Waals surface area contributed by atoms with Crippen molar-refractivity contribution >= 4 is 0 Å². The lowest BCUT2D eigenvalue weighted by atomic mass is 9.85. The molecule has 0 fully saturated rings. The van der Waals surface area contributed by atoms with Crippen LogP contribution in [0.1, 0.15) is 6.42 Å². The summed E-state index contributed by atoms with van der Waals surface area (Å²) in [5, 5.41) is 8.90. The molecule has 2 atom stereocenters. The van der Waals surface area contributed by atoms with Gasteiger partial charge in [0.1, 0.15) is 0 Å². The van der Waals surface area contributed by atoms with Gasteiger partial charge >= 0.3 is 0 Å². The van der Waals surface area contributed by atoms with Crippen LogP contribution in [0.25, 0.3) is 0 Å². The molecule has 1 N–H and O–H groups in total. The molecule has 3 aliphatic rings. The minimum atomic E-state index is 0.250. The summed E-state index contributed by atoms with van der Waals surface area (Å²) in [4.78, 5) is 0. The van der Waals surface area contributed by atoms with E-state index in [4.69, 9.17) is 5.11 Å². The van der Waals surface area contributed by atoms with Crippen LogP contribution in [0.3, 0.4) is 0 Å². The molecule has 0 unspecified atom stereocenters. The topological polar surface area (TPSA) is 20.2 Å². The summed E-state index contributed by atoms with van der Waals surface area (Å²) >= 11 is 0. The molecule has 1 nitrogen and oxygen atoms in total. The van der Waals surface area contributed by atoms with Crippen molar-refractivity contribution in [3.05, 3.63) is 48.1 Å². The average molecular weight is 174 g/mol. The minimum Gasteiger partial charge on any atom is -0.396 e. The fourth-order valence-electron chi connectivity index (χ4n) is 1.85. The Kier molecular flexibility index (Phi) is 2.46. The van der Waals surface area contributed by atoms with Gasteiger partial charge in [-0.3, -0.25) is 0 Å². The zero-order valence-electron chi connectivity index (χ0n) is 7.56. The summed E-state index contributed by atoms with van der Waals surface area (Å²) in [5.41, 5.74) is 1.34. The minimum absolute atomic E-state index is 0.250. The van der Waals surface area contributed by atoms with Crippen LogP contribution in [-0.4, -0.2) is 11.7 Å². The third kappa shape index (κ3) is 1.81. The van der Waals surface area contributed by atoms with Gasteiger partial charge in [-0.15, -0.1) is 0 Å². The van der Waals surface area contributed by atoms with Gasteiger partial charge in [0.15, 0.2) is 0 Å². The first-order valence-electron chi connectivity index (χ1n) is 4.75. The zero-order chi connectivity index (χ0) is 9.10. The average Bonchev–Trinajstić information content (AvgIpc) is 2.08. The Morgan fingerprint density at radius 3 is 2.77 bits per heavy atom. The molecule has 0 saturated carbocycles. The third-order valence-corrected chi connectivity index (χ3v) is 2.54. The Balaban J connectivity index is 2.26. The smallest absolute Gasteiger partial charge is 0.0468 e. The third-order valence-electron chi connectivity index (χ3n) is 2.54. The fraction of sp³-hybridized carbons (Fsp3) is 0.333. The Morgan fingerprint density at radius 1 is 1.08 bits per heavy atom. The SMILES string of the molecule is OCCC1=C[C@@H]2C=C[C@H]1/C=C\C=C/2. The Hall–Kier alpha value is -1.08. The zero-order valence-corrected chi connectivity index (χ0v) is 7.56. The number of aliphatic hydroxyl groups is 1. The molecule has 13 heavy (non-hydrogen) atoms. The highest BCUT2D eigenvalue weighted by Gasteiger charge is 2.14. The van der Waals surface area contributed by atoms with Crippen molar-refractivity contribution in [1.82, 2.24) is 0 Å². The van der Waals surface area contributed by atoms with Crippen LogP contribution in [0, 0.1) is 11.8 Å². The van der Waals surface area contributed by atoms with Gasteiger partial charge in [0.25, 0.3) is 0 Å². The molecule has 0 aromatic rings. The van der Waals surface area contributed by atoms with E-state index < -0.39 is 0 Å². The molecular weight excluding hydrogens is 160 g/mol. The molecule has 3 aliphatic carbocycles. The van der Waals surface area contributed by atoms with Crippen LogP contribution < -0.4 is 0 Å². The van der Waals surface area contributed by atoms with Crippen molar-refractivity contribution in [3.63, 3.8) is 0 Å². The molecule has 68 valence electrons. The standard InChI is InChI=1S/C12H14O/c13-8-7-12-9-10-3-1-2-4-11(12)6-5-10/h1-6,9-11,13H,7-8H2/b3-1-,4-2-/t10-,11+/m0/s1. The van der Waals surface area contributed by atoms with Crippen LogP contribution >= 0.6 is 0 Å². The van der Waals surface area contributed by atoms with Crippen molar-refractivity contribution < 1.29 is 5.11 Å². The van der Waals surface area contributed by atoms with Crippen LogP contribution in [0.2, 0.25) is 0 Å². The highest BCUT2D eigenvalue weighted by Crippen LogP contribution is 2.27. The molecule has 3 rings (SSSR count). The van der Waals surface area contributed by atoms with Crippen molar-refractivity contribution in [2.75, 3.05) is 6.61 Å². The molecule has 0 radical (unpaired) electrons. The molecule has 0 spiro atoms. The van der Waals surface area contributed by atoms with E-state index in [0.717, 1.165) is 6.42 Å². The van der Waals surface area contributed by atoms with E-state index in [1.807, 2.05) is 0 Å². The van der Waals surface area contributed by atoms with Gasteiger partial charge in [0.05, 0.1) is 0 Å². The summed E-state index contributed by atoms with van der Waals surface area (Å²) in [6.07, 6.45) is 16.0. The van der Waals surface area contributed by atoms with E-state index in [1.165, 1.54) is 5.57 Å². The van der Waals surface area contributed by atoms with Gasteiger partial charge in [-0.1, -0.05) is 48.1 Å². The molecule has 0 saturated heterocycles. The molecule has 0 aliphatic heterocycles. The summed E-state index contributed by atoms with van der Waals surface area (Å²) in [6, 6.07) is 0. The number of hydrogen-bond donors (Lipinski definition) is 1. The van der Waals surface area contributed by atoms with Crippen LogP contribution in [0.5, 0.6) is 0 Å². The maximum Gasteiger partial charge on any atom is 0.0468 e. The van der Waals surface area contributed by atoms with E-state index in [2.05, 4.69) is 42.5 Å². The summed E-state index contributed by atoms with van der Waals surface area (Å²) < 4.78 is 0. The second kappa shape index (κ2) is 3.75. The van der Waals surface area contributed by atoms with Gasteiger partial charge in [-0.2, -0.15) is 0 Å². The van der Waals surface area contributed by atoms with Crippen molar-refractivity contribution in [2.24, 2.45) is 11.8 Å². The summed E-state index contributed by atoms with van der Waals surface area (Å²) in [6.45, 7) is 0.250. The lowest BCUT2D eigenvalue weighted by Crippen LogP contribution is -2.08. The highest BCUT2D eigenvalue weighted by atomic mass is 16.2. The maximum absolute atomic E-state index is 8.90. The van der Waals surface area contributed by atoms with E-state index in [9.17, 15) is 0 Å². The molecule has 2 bridgehead atoms. The van der Waals surface area contributed by atoms with E-state index in [-0.39, 0.29) is 6.61 Å². The first-order chi connectivity index (χ1) is 6.40. The quantitative estimate of drug-likeness (QED) is 0.636. The lowest BCUT2D eigenvalue weighted by molar-refractivity contribution is 0.296. The van der Waals surface area contributed by atoms with Crippen molar-refractivity contribution in [1.29, 1.82) is 0 Å². The van der Waals surface area contributed by atoms with Crippen molar-refractivity contribution in [2.45, 2.75) is 6.42 Å². The second-order valence-corrected chi connectivity index (χ2v) is 3.47. The van der Waals surface area contributed by atoms with E-state index in [1.54, 1.807) is 0 Å². The molecule has 0 aromatic carbocycles. The Morgan fingerprint density at radius 2 is 1.92 bits per heavy atom. The monoisotopic (exact) mass is 174 g/mol. The number of aliphatic hydroxyl groups excluding tert-OH is 1. The number of fused-ring (bicyclic) bond motifs is 1. The van der Waals surface area contributed by atoms with Gasteiger partial charge in [0, 0.05) is 18.4 Å². The normalized spacial score (nSPS) is 35.0. The number of hydrogen-bond acceptors (Lipinski definition) is 1. The van der Waals surface area contributed by atoms with Gasteiger partial charge < -0.3 is 5.11 Å². The molecule has 0 heterocycles. The van der Waals surface area contributed by atoms with Crippen LogP contribution in [0.4, 0.5) is 0 Å². The lowest BCUT2D eigenvalue weighted by Gasteiger charge is -2.21. The van der Waals surface area contributed by atoms with Crippen molar-refractivity contribution in [3.8, 4) is 0 Å². The molecule has 1 heteroatoms. The Labute approximate surface area is 78.8 Å².